The minimum atomic E-state index is -3.11. The minimum Gasteiger partial charge on any atom is -0.378 e. The van der Waals surface area contributed by atoms with Gasteiger partial charge in [-0.2, -0.15) is 0 Å². The third-order valence-corrected chi connectivity index (χ3v) is 5.43. The molecule has 1 N–H and O–H groups in total. The van der Waals surface area contributed by atoms with E-state index in [0.29, 0.717) is 19.3 Å². The highest BCUT2D eigenvalue weighted by atomic mass is 79.9. The summed E-state index contributed by atoms with van der Waals surface area (Å²) in [7, 11) is -3.11. The van der Waals surface area contributed by atoms with Crippen molar-refractivity contribution in [2.75, 3.05) is 17.8 Å². The monoisotopic (exact) mass is 313 g/mol. The van der Waals surface area contributed by atoms with Crippen LogP contribution in [-0.4, -0.2) is 32.3 Å². The zero-order valence-corrected chi connectivity index (χ0v) is 11.9. The standard InChI is InChI=1S/C10H20BrNO3S/c11-9-16(13,14)12-7-4-8-15-10-5-2-1-3-6-10/h10,12H,1-9H2. The molecule has 1 aliphatic carbocycles. The highest BCUT2D eigenvalue weighted by Crippen LogP contribution is 2.20. The van der Waals surface area contributed by atoms with Crippen LogP contribution >= 0.6 is 15.9 Å². The van der Waals surface area contributed by atoms with Gasteiger partial charge in [0.15, 0.2) is 0 Å². The van der Waals surface area contributed by atoms with Gasteiger partial charge in [0.2, 0.25) is 10.0 Å². The van der Waals surface area contributed by atoms with E-state index in [4.69, 9.17) is 4.74 Å². The van der Waals surface area contributed by atoms with Crippen LogP contribution in [0.3, 0.4) is 0 Å². The van der Waals surface area contributed by atoms with E-state index in [9.17, 15) is 8.42 Å². The molecular formula is C10H20BrNO3S. The predicted molar refractivity (Wildman–Crippen MR) is 68.2 cm³/mol. The van der Waals surface area contributed by atoms with Crippen LogP contribution in [0.4, 0.5) is 0 Å². The van der Waals surface area contributed by atoms with Gasteiger partial charge in [0.25, 0.3) is 0 Å². The van der Waals surface area contributed by atoms with Crippen molar-refractivity contribution in [3.8, 4) is 0 Å². The molecule has 1 saturated carbocycles. The third-order valence-electron chi connectivity index (χ3n) is 2.69. The quantitative estimate of drug-likeness (QED) is 0.577. The summed E-state index contributed by atoms with van der Waals surface area (Å²) in [5, 5.41) is 0. The summed E-state index contributed by atoms with van der Waals surface area (Å²) >= 11 is 2.92. The summed E-state index contributed by atoms with van der Waals surface area (Å²) in [5.41, 5.74) is 0. The first-order valence-electron chi connectivity index (χ1n) is 5.79. The molecule has 0 spiro atoms. The summed E-state index contributed by atoms with van der Waals surface area (Å²) < 4.78 is 30.3. The van der Waals surface area contributed by atoms with Gasteiger partial charge < -0.3 is 4.74 Å². The molecule has 4 nitrogen and oxygen atoms in total. The van der Waals surface area contributed by atoms with Crippen LogP contribution in [0.2, 0.25) is 0 Å². The molecule has 0 unspecified atom stereocenters. The Morgan fingerprint density at radius 2 is 1.94 bits per heavy atom. The molecule has 0 aliphatic heterocycles. The molecule has 0 amide bonds. The number of rotatable bonds is 7. The van der Waals surface area contributed by atoms with Gasteiger partial charge in [0.05, 0.1) is 6.10 Å². The van der Waals surface area contributed by atoms with Gasteiger partial charge in [-0.15, -0.1) is 0 Å². The number of hydrogen-bond donors (Lipinski definition) is 1. The predicted octanol–water partition coefficient (Wildman–Crippen LogP) is 2.00. The Bertz CT molecular complexity index is 276. The number of hydrogen-bond acceptors (Lipinski definition) is 3. The fourth-order valence-corrected chi connectivity index (χ4v) is 2.84. The van der Waals surface area contributed by atoms with Crippen molar-refractivity contribution in [1.29, 1.82) is 0 Å². The van der Waals surface area contributed by atoms with Crippen LogP contribution < -0.4 is 4.72 Å². The molecule has 96 valence electrons. The van der Waals surface area contributed by atoms with E-state index in [1.54, 1.807) is 0 Å². The Balaban J connectivity index is 1.99. The average molecular weight is 314 g/mol. The second kappa shape index (κ2) is 7.63. The van der Waals surface area contributed by atoms with Crippen molar-refractivity contribution >= 4 is 26.0 Å². The Labute approximate surface area is 106 Å². The molecule has 1 aliphatic rings. The van der Waals surface area contributed by atoms with Crippen molar-refractivity contribution in [2.45, 2.75) is 44.6 Å². The Hall–Kier alpha value is 0.350. The molecule has 0 heterocycles. The van der Waals surface area contributed by atoms with E-state index in [1.165, 1.54) is 19.3 Å². The molecule has 0 bridgehead atoms. The molecule has 16 heavy (non-hydrogen) atoms. The van der Waals surface area contributed by atoms with Gasteiger partial charge in [-0.05, 0) is 19.3 Å². The topological polar surface area (TPSA) is 55.4 Å². The molecule has 6 heteroatoms. The van der Waals surface area contributed by atoms with Gasteiger partial charge in [-0.25, -0.2) is 13.1 Å². The largest absolute Gasteiger partial charge is 0.378 e. The first-order valence-corrected chi connectivity index (χ1v) is 8.56. The van der Waals surface area contributed by atoms with E-state index in [1.807, 2.05) is 0 Å². The molecule has 1 fully saturated rings. The van der Waals surface area contributed by atoms with E-state index < -0.39 is 10.0 Å². The Kier molecular flexibility index (Phi) is 6.87. The first-order chi connectivity index (χ1) is 7.64. The first kappa shape index (κ1) is 14.4. The van der Waals surface area contributed by atoms with Crippen molar-refractivity contribution in [2.24, 2.45) is 0 Å². The zero-order valence-electron chi connectivity index (χ0n) is 9.45. The van der Waals surface area contributed by atoms with Crippen LogP contribution in [0.5, 0.6) is 0 Å². The lowest BCUT2D eigenvalue weighted by Crippen LogP contribution is -2.26. The molecular weight excluding hydrogens is 294 g/mol. The molecule has 1 rings (SSSR count). The van der Waals surface area contributed by atoms with Crippen LogP contribution in [-0.2, 0) is 14.8 Å². The van der Waals surface area contributed by atoms with Crippen LogP contribution in [0.1, 0.15) is 38.5 Å². The summed E-state index contributed by atoms with van der Waals surface area (Å²) in [6.07, 6.45) is 7.32. The molecule has 0 aromatic carbocycles. The maximum absolute atomic E-state index is 11.1. The minimum absolute atomic E-state index is 0.0382. The molecule has 0 aromatic rings. The van der Waals surface area contributed by atoms with Gasteiger partial charge >= 0.3 is 0 Å². The highest BCUT2D eigenvalue weighted by molar-refractivity contribution is 9.10. The number of alkyl halides is 1. The van der Waals surface area contributed by atoms with Crippen molar-refractivity contribution < 1.29 is 13.2 Å². The van der Waals surface area contributed by atoms with Crippen LogP contribution in [0.25, 0.3) is 0 Å². The smallest absolute Gasteiger partial charge is 0.221 e. The third kappa shape index (κ3) is 6.18. The Morgan fingerprint density at radius 1 is 1.25 bits per heavy atom. The van der Waals surface area contributed by atoms with E-state index in [0.717, 1.165) is 19.3 Å². The lowest BCUT2D eigenvalue weighted by molar-refractivity contribution is 0.0278. The normalized spacial score (nSPS) is 18.8. The summed E-state index contributed by atoms with van der Waals surface area (Å²) in [6, 6.07) is 0. The summed E-state index contributed by atoms with van der Waals surface area (Å²) in [5.74, 6) is 0. The van der Waals surface area contributed by atoms with Crippen LogP contribution in [0, 0.1) is 0 Å². The van der Waals surface area contributed by atoms with E-state index in [-0.39, 0.29) is 4.66 Å². The maximum Gasteiger partial charge on any atom is 0.221 e. The highest BCUT2D eigenvalue weighted by Gasteiger charge is 2.13. The molecule has 0 atom stereocenters. The van der Waals surface area contributed by atoms with Gasteiger partial charge in [-0.1, -0.05) is 35.2 Å². The van der Waals surface area contributed by atoms with Gasteiger partial charge in [0.1, 0.15) is 4.66 Å². The lowest BCUT2D eigenvalue weighted by Gasteiger charge is -2.21. The number of halogens is 1. The van der Waals surface area contributed by atoms with E-state index in [2.05, 4.69) is 20.7 Å². The SMILES string of the molecule is O=S(=O)(CBr)NCCCOC1CCCCC1. The molecule has 0 aromatic heterocycles. The fourth-order valence-electron chi connectivity index (χ4n) is 1.82. The number of nitrogens with one attached hydrogen (secondary N) is 1. The van der Waals surface area contributed by atoms with Gasteiger partial charge in [0, 0.05) is 13.2 Å². The zero-order chi connectivity index (χ0) is 11.9. The van der Waals surface area contributed by atoms with Crippen molar-refractivity contribution in [3.63, 3.8) is 0 Å². The second-order valence-corrected chi connectivity index (χ2v) is 7.21. The Morgan fingerprint density at radius 3 is 2.56 bits per heavy atom. The lowest BCUT2D eigenvalue weighted by atomic mass is 9.98. The van der Waals surface area contributed by atoms with E-state index >= 15 is 0 Å². The van der Waals surface area contributed by atoms with Crippen LogP contribution in [0.15, 0.2) is 0 Å². The molecule has 0 radical (unpaired) electrons. The second-order valence-electron chi connectivity index (χ2n) is 4.10. The fraction of sp³-hybridized carbons (Fsp3) is 1.00. The average Bonchev–Trinajstić information content (AvgIpc) is 2.30. The van der Waals surface area contributed by atoms with Gasteiger partial charge in [-0.3, -0.25) is 0 Å². The molecule has 0 saturated heterocycles. The van der Waals surface area contributed by atoms with Crippen molar-refractivity contribution in [3.05, 3.63) is 0 Å². The summed E-state index contributed by atoms with van der Waals surface area (Å²) in [6.45, 7) is 1.11. The number of sulfonamides is 1. The number of ether oxygens (including phenoxy) is 1. The summed E-state index contributed by atoms with van der Waals surface area (Å²) in [4.78, 5) is 0. The van der Waals surface area contributed by atoms with Crippen molar-refractivity contribution in [1.82, 2.24) is 4.72 Å². The maximum atomic E-state index is 11.1.